The number of benzene rings is 1. The second kappa shape index (κ2) is 5.19. The van der Waals surface area contributed by atoms with E-state index in [2.05, 4.69) is 0 Å². The molecule has 0 amide bonds. The fourth-order valence-corrected chi connectivity index (χ4v) is 5.01. The van der Waals surface area contributed by atoms with Gasteiger partial charge >= 0.3 is 0 Å². The monoisotopic (exact) mass is 306 g/mol. The van der Waals surface area contributed by atoms with E-state index in [0.29, 0.717) is 23.0 Å². The van der Waals surface area contributed by atoms with Crippen LogP contribution in [0.2, 0.25) is 5.02 Å². The highest BCUT2D eigenvalue weighted by Gasteiger charge is 2.31. The van der Waals surface area contributed by atoms with Gasteiger partial charge in [-0.05, 0) is 18.2 Å². The van der Waals surface area contributed by atoms with Crippen LogP contribution in [0.15, 0.2) is 18.2 Å². The van der Waals surface area contributed by atoms with Crippen LogP contribution < -0.4 is 10.6 Å². The number of halogens is 1. The molecule has 2 rings (SSSR count). The number of nitrogens with zero attached hydrogens (tertiary/aromatic N) is 1. The second-order valence-electron chi connectivity index (χ2n) is 4.26. The highest BCUT2D eigenvalue weighted by molar-refractivity contribution is 8.01. The standard InChI is InChI=1S/C11H15ClN2O2S2/c1-18(15,16)11-7-17-5-4-14(11)10-3-2-8(12)6-9(10)13/h2-3,6,11H,4-5,7,13H2,1H3. The summed E-state index contributed by atoms with van der Waals surface area (Å²) >= 11 is 7.51. The number of rotatable bonds is 2. The number of nitrogen functional groups attached to an aromatic ring is 1. The minimum absolute atomic E-state index is 0.514. The maximum absolute atomic E-state index is 11.8. The van der Waals surface area contributed by atoms with Crippen molar-refractivity contribution in [2.75, 3.05) is 34.9 Å². The van der Waals surface area contributed by atoms with Gasteiger partial charge in [0.05, 0.1) is 11.4 Å². The molecule has 0 aliphatic carbocycles. The normalized spacial score (nSPS) is 21.0. The Labute approximate surface area is 116 Å². The smallest absolute Gasteiger partial charge is 0.169 e. The first-order valence-corrected chi connectivity index (χ1v) is 8.96. The predicted molar refractivity (Wildman–Crippen MR) is 79.2 cm³/mol. The highest BCUT2D eigenvalue weighted by Crippen LogP contribution is 2.32. The lowest BCUT2D eigenvalue weighted by Gasteiger charge is -2.36. The summed E-state index contributed by atoms with van der Waals surface area (Å²) in [5, 5.41) is 0.0401. The van der Waals surface area contributed by atoms with E-state index in [1.54, 1.807) is 30.0 Å². The molecular weight excluding hydrogens is 292 g/mol. The molecule has 2 N–H and O–H groups in total. The summed E-state index contributed by atoms with van der Waals surface area (Å²) < 4.78 is 23.7. The first-order chi connectivity index (χ1) is 8.39. The van der Waals surface area contributed by atoms with Gasteiger partial charge in [-0.2, -0.15) is 11.8 Å². The van der Waals surface area contributed by atoms with Crippen LogP contribution in [-0.4, -0.2) is 38.1 Å². The maximum atomic E-state index is 11.8. The number of hydrogen-bond donors (Lipinski definition) is 1. The van der Waals surface area contributed by atoms with Crippen LogP contribution in [0.5, 0.6) is 0 Å². The fourth-order valence-electron chi connectivity index (χ4n) is 2.00. The van der Waals surface area contributed by atoms with Gasteiger partial charge in [-0.15, -0.1) is 0 Å². The van der Waals surface area contributed by atoms with Crippen molar-refractivity contribution in [3.05, 3.63) is 23.2 Å². The van der Waals surface area contributed by atoms with Gasteiger partial charge in [-0.3, -0.25) is 0 Å². The van der Waals surface area contributed by atoms with Crippen LogP contribution in [0, 0.1) is 0 Å². The highest BCUT2D eigenvalue weighted by atomic mass is 35.5. The molecule has 1 aliphatic heterocycles. The zero-order valence-electron chi connectivity index (χ0n) is 9.97. The molecule has 1 aliphatic rings. The zero-order chi connectivity index (χ0) is 13.3. The van der Waals surface area contributed by atoms with Gasteiger partial charge < -0.3 is 10.6 Å². The third kappa shape index (κ3) is 2.87. The van der Waals surface area contributed by atoms with Crippen LogP contribution in [-0.2, 0) is 9.84 Å². The first kappa shape index (κ1) is 13.8. The van der Waals surface area contributed by atoms with Gasteiger partial charge in [0.25, 0.3) is 0 Å². The van der Waals surface area contributed by atoms with Crippen molar-refractivity contribution in [3.8, 4) is 0 Å². The minimum Gasteiger partial charge on any atom is -0.397 e. The molecule has 0 aromatic heterocycles. The van der Waals surface area contributed by atoms with E-state index in [4.69, 9.17) is 17.3 Å². The number of anilines is 2. The average molecular weight is 307 g/mol. The van der Waals surface area contributed by atoms with Gasteiger partial charge in [0.1, 0.15) is 5.37 Å². The van der Waals surface area contributed by atoms with Crippen LogP contribution in [0.3, 0.4) is 0 Å². The largest absolute Gasteiger partial charge is 0.397 e. The Morgan fingerprint density at radius 3 is 2.83 bits per heavy atom. The van der Waals surface area contributed by atoms with Crippen LogP contribution >= 0.6 is 23.4 Å². The van der Waals surface area contributed by atoms with E-state index in [1.165, 1.54) is 6.26 Å². The molecule has 18 heavy (non-hydrogen) atoms. The summed E-state index contributed by atoms with van der Waals surface area (Å²) in [5.74, 6) is 1.47. The number of thioether (sulfide) groups is 1. The molecule has 4 nitrogen and oxygen atoms in total. The van der Waals surface area contributed by atoms with Gasteiger partial charge in [-0.1, -0.05) is 11.6 Å². The summed E-state index contributed by atoms with van der Waals surface area (Å²) in [7, 11) is -3.13. The van der Waals surface area contributed by atoms with Crippen LogP contribution in [0.4, 0.5) is 11.4 Å². The first-order valence-electron chi connectivity index (χ1n) is 5.48. The lowest BCUT2D eigenvalue weighted by Crippen LogP contribution is -2.47. The molecule has 100 valence electrons. The number of nitrogens with two attached hydrogens (primary N) is 1. The maximum Gasteiger partial charge on any atom is 0.169 e. The van der Waals surface area contributed by atoms with E-state index in [1.807, 2.05) is 4.90 Å². The van der Waals surface area contributed by atoms with Crippen molar-refractivity contribution in [1.82, 2.24) is 0 Å². The van der Waals surface area contributed by atoms with Gasteiger partial charge in [-0.25, -0.2) is 8.42 Å². The molecule has 0 bridgehead atoms. The summed E-state index contributed by atoms with van der Waals surface area (Å²) in [6, 6.07) is 5.16. The molecule has 0 spiro atoms. The second-order valence-corrected chi connectivity index (χ2v) is 8.05. The Morgan fingerprint density at radius 1 is 1.50 bits per heavy atom. The summed E-state index contributed by atoms with van der Waals surface area (Å²) in [4.78, 5) is 1.86. The van der Waals surface area contributed by atoms with Gasteiger partial charge in [0, 0.05) is 29.3 Å². The number of sulfone groups is 1. The lowest BCUT2D eigenvalue weighted by atomic mass is 10.2. The van der Waals surface area contributed by atoms with Crippen molar-refractivity contribution in [2.45, 2.75) is 5.37 Å². The molecule has 1 heterocycles. The van der Waals surface area contributed by atoms with E-state index < -0.39 is 15.2 Å². The van der Waals surface area contributed by atoms with Crippen LogP contribution in [0.1, 0.15) is 0 Å². The van der Waals surface area contributed by atoms with Crippen molar-refractivity contribution in [1.29, 1.82) is 0 Å². The Hall–Kier alpha value is -0.590. The quantitative estimate of drug-likeness (QED) is 0.845. The van der Waals surface area contributed by atoms with Gasteiger partial charge in [0.2, 0.25) is 0 Å². The van der Waals surface area contributed by atoms with E-state index in [9.17, 15) is 8.42 Å². The average Bonchev–Trinajstić information content (AvgIpc) is 2.28. The topological polar surface area (TPSA) is 63.4 Å². The molecule has 1 aromatic carbocycles. The summed E-state index contributed by atoms with van der Waals surface area (Å²) in [5.41, 5.74) is 7.19. The minimum atomic E-state index is -3.13. The Bertz CT molecular complexity index is 548. The SMILES string of the molecule is CS(=O)(=O)C1CSCCN1c1ccc(Cl)cc1N. The third-order valence-corrected chi connectivity index (χ3v) is 5.76. The Kier molecular flexibility index (Phi) is 3.99. The third-order valence-electron chi connectivity index (χ3n) is 2.88. The van der Waals surface area contributed by atoms with E-state index >= 15 is 0 Å². The molecule has 1 unspecified atom stereocenters. The molecule has 0 radical (unpaired) electrons. The van der Waals surface area contributed by atoms with Gasteiger partial charge in [0.15, 0.2) is 9.84 Å². The summed E-state index contributed by atoms with van der Waals surface area (Å²) in [6.07, 6.45) is 1.27. The van der Waals surface area contributed by atoms with Crippen molar-refractivity contribution >= 4 is 44.6 Å². The molecule has 1 fully saturated rings. The fraction of sp³-hybridized carbons (Fsp3) is 0.455. The van der Waals surface area contributed by atoms with Crippen molar-refractivity contribution in [3.63, 3.8) is 0 Å². The lowest BCUT2D eigenvalue weighted by molar-refractivity contribution is 0.584. The molecule has 7 heteroatoms. The molecular formula is C11H15ClN2O2S2. The zero-order valence-corrected chi connectivity index (χ0v) is 12.4. The molecule has 0 saturated carbocycles. The predicted octanol–water partition coefficient (Wildman–Crippen LogP) is 1.85. The van der Waals surface area contributed by atoms with Crippen molar-refractivity contribution in [2.24, 2.45) is 0 Å². The number of hydrogen-bond acceptors (Lipinski definition) is 5. The summed E-state index contributed by atoms with van der Waals surface area (Å²) in [6.45, 7) is 0.675. The Morgan fingerprint density at radius 2 is 2.22 bits per heavy atom. The van der Waals surface area contributed by atoms with E-state index in [0.717, 1.165) is 11.4 Å². The Balaban J connectivity index is 2.40. The van der Waals surface area contributed by atoms with Crippen LogP contribution in [0.25, 0.3) is 0 Å². The van der Waals surface area contributed by atoms with E-state index in [-0.39, 0.29) is 0 Å². The molecule has 1 atom stereocenters. The van der Waals surface area contributed by atoms with Crippen molar-refractivity contribution < 1.29 is 8.42 Å². The molecule has 1 aromatic rings. The molecule has 1 saturated heterocycles.